The molecule has 0 N–H and O–H groups in total. The van der Waals surface area contributed by atoms with Crippen LogP contribution in [0.2, 0.25) is 0 Å². The Balaban J connectivity index is 1.56. The SMILES string of the molecule is CC(COSSOCC(C)c1ccccc1)c1ccccc1. The van der Waals surface area contributed by atoms with E-state index in [1.54, 1.807) is 0 Å². The summed E-state index contributed by atoms with van der Waals surface area (Å²) in [5.41, 5.74) is 2.60. The zero-order chi connectivity index (χ0) is 15.6. The monoisotopic (exact) mass is 334 g/mol. The van der Waals surface area contributed by atoms with Gasteiger partial charge in [0.05, 0.1) is 35.4 Å². The second-order valence-corrected chi connectivity index (χ2v) is 6.89. The maximum atomic E-state index is 5.59. The summed E-state index contributed by atoms with van der Waals surface area (Å²) in [4.78, 5) is 0. The summed E-state index contributed by atoms with van der Waals surface area (Å²) in [5, 5.41) is 0. The van der Waals surface area contributed by atoms with E-state index in [0.29, 0.717) is 25.0 Å². The van der Waals surface area contributed by atoms with Crippen molar-refractivity contribution in [2.45, 2.75) is 25.7 Å². The average molecular weight is 335 g/mol. The molecule has 2 aromatic carbocycles. The van der Waals surface area contributed by atoms with Gasteiger partial charge in [0.1, 0.15) is 0 Å². The summed E-state index contributed by atoms with van der Waals surface area (Å²) in [6.07, 6.45) is 0. The summed E-state index contributed by atoms with van der Waals surface area (Å²) < 4.78 is 11.2. The Morgan fingerprint density at radius 3 is 1.41 bits per heavy atom. The first-order valence-corrected chi connectivity index (χ1v) is 9.45. The Labute approximate surface area is 141 Å². The Morgan fingerprint density at radius 1 is 0.682 bits per heavy atom. The van der Waals surface area contributed by atoms with Crippen molar-refractivity contribution in [1.82, 2.24) is 0 Å². The maximum Gasteiger partial charge on any atom is 0.0925 e. The van der Waals surface area contributed by atoms with E-state index in [4.69, 9.17) is 8.37 Å². The highest BCUT2D eigenvalue weighted by atomic mass is 33.1. The highest BCUT2D eigenvalue weighted by Crippen LogP contribution is 2.28. The summed E-state index contributed by atoms with van der Waals surface area (Å²) in [7, 11) is 0. The molecule has 0 aromatic heterocycles. The van der Waals surface area contributed by atoms with Crippen molar-refractivity contribution in [1.29, 1.82) is 0 Å². The van der Waals surface area contributed by atoms with E-state index in [2.05, 4.69) is 62.4 Å². The predicted octanol–water partition coefficient (Wildman–Crippen LogP) is 5.84. The fourth-order valence-electron chi connectivity index (χ4n) is 2.05. The Morgan fingerprint density at radius 2 is 1.05 bits per heavy atom. The lowest BCUT2D eigenvalue weighted by molar-refractivity contribution is 0.339. The third-order valence-corrected chi connectivity index (χ3v) is 4.76. The van der Waals surface area contributed by atoms with Gasteiger partial charge in [-0.3, -0.25) is 0 Å². The molecule has 0 bridgehead atoms. The fourth-order valence-corrected chi connectivity index (χ4v) is 3.22. The number of hydrogen-bond donors (Lipinski definition) is 0. The molecule has 4 heteroatoms. The highest BCUT2D eigenvalue weighted by molar-refractivity contribution is 8.73. The van der Waals surface area contributed by atoms with Crippen molar-refractivity contribution < 1.29 is 8.37 Å². The van der Waals surface area contributed by atoms with E-state index in [1.165, 1.54) is 33.3 Å². The van der Waals surface area contributed by atoms with Crippen molar-refractivity contribution in [2.75, 3.05) is 13.2 Å². The molecule has 118 valence electrons. The van der Waals surface area contributed by atoms with Gasteiger partial charge in [0.2, 0.25) is 0 Å². The quantitative estimate of drug-likeness (QED) is 0.326. The second-order valence-electron chi connectivity index (χ2n) is 5.33. The van der Waals surface area contributed by atoms with E-state index in [9.17, 15) is 0 Å². The lowest BCUT2D eigenvalue weighted by Gasteiger charge is -2.12. The van der Waals surface area contributed by atoms with Crippen LogP contribution in [0, 0.1) is 0 Å². The molecule has 2 rings (SSSR count). The van der Waals surface area contributed by atoms with Gasteiger partial charge in [0.25, 0.3) is 0 Å². The van der Waals surface area contributed by atoms with Crippen LogP contribution < -0.4 is 0 Å². The van der Waals surface area contributed by atoms with E-state index in [1.807, 2.05) is 12.1 Å². The molecule has 0 saturated carbocycles. The van der Waals surface area contributed by atoms with Crippen LogP contribution in [-0.2, 0) is 8.37 Å². The van der Waals surface area contributed by atoms with Crippen molar-refractivity contribution in [3.8, 4) is 0 Å². The molecule has 0 amide bonds. The zero-order valence-corrected chi connectivity index (χ0v) is 14.6. The number of hydrogen-bond acceptors (Lipinski definition) is 4. The largest absolute Gasteiger partial charge is 0.303 e. The summed E-state index contributed by atoms with van der Waals surface area (Å²) in [6.45, 7) is 5.69. The minimum absolute atomic E-state index is 0.387. The van der Waals surface area contributed by atoms with Gasteiger partial charge in [-0.1, -0.05) is 74.5 Å². The van der Waals surface area contributed by atoms with Gasteiger partial charge in [-0.05, 0) is 11.1 Å². The van der Waals surface area contributed by atoms with Crippen molar-refractivity contribution >= 4 is 22.1 Å². The van der Waals surface area contributed by atoms with Gasteiger partial charge >= 0.3 is 0 Å². The average Bonchev–Trinajstić information content (AvgIpc) is 2.59. The normalized spacial score (nSPS) is 13.7. The molecular formula is C18H22O2S2. The lowest BCUT2D eigenvalue weighted by atomic mass is 10.0. The minimum Gasteiger partial charge on any atom is -0.303 e. The van der Waals surface area contributed by atoms with Crippen LogP contribution in [0.5, 0.6) is 0 Å². The van der Waals surface area contributed by atoms with Gasteiger partial charge in [-0.2, -0.15) is 0 Å². The first kappa shape index (κ1) is 17.4. The van der Waals surface area contributed by atoms with Gasteiger partial charge in [0.15, 0.2) is 0 Å². The minimum atomic E-state index is 0.387. The van der Waals surface area contributed by atoms with Crippen LogP contribution in [0.15, 0.2) is 60.7 Å². The molecule has 2 atom stereocenters. The van der Waals surface area contributed by atoms with Gasteiger partial charge in [0, 0.05) is 11.8 Å². The molecule has 0 aliphatic carbocycles. The molecule has 2 nitrogen and oxygen atoms in total. The second kappa shape index (κ2) is 9.95. The van der Waals surface area contributed by atoms with Gasteiger partial charge in [-0.25, -0.2) is 0 Å². The molecule has 2 unspecified atom stereocenters. The van der Waals surface area contributed by atoms with Crippen LogP contribution in [0.25, 0.3) is 0 Å². The lowest BCUT2D eigenvalue weighted by Crippen LogP contribution is -2.01. The summed E-state index contributed by atoms with van der Waals surface area (Å²) in [6, 6.07) is 20.8. The number of benzene rings is 2. The molecule has 0 fully saturated rings. The Bertz CT molecular complexity index is 470. The topological polar surface area (TPSA) is 18.5 Å². The van der Waals surface area contributed by atoms with Crippen molar-refractivity contribution in [3.05, 3.63) is 71.8 Å². The fraction of sp³-hybridized carbons (Fsp3) is 0.333. The standard InChI is InChI=1S/C18H22O2S2/c1-15(17-9-5-3-6-10-17)13-19-21-22-20-14-16(2)18-11-7-4-8-12-18/h3-12,15-16H,13-14H2,1-2H3. The molecule has 0 heterocycles. The zero-order valence-electron chi connectivity index (χ0n) is 13.0. The molecule has 0 aliphatic heterocycles. The summed E-state index contributed by atoms with van der Waals surface area (Å²) in [5.74, 6) is 0.773. The van der Waals surface area contributed by atoms with Crippen LogP contribution in [-0.4, -0.2) is 13.2 Å². The highest BCUT2D eigenvalue weighted by Gasteiger charge is 2.07. The van der Waals surface area contributed by atoms with E-state index in [-0.39, 0.29) is 0 Å². The smallest absolute Gasteiger partial charge is 0.0925 e. The van der Waals surface area contributed by atoms with Crippen LogP contribution in [0.3, 0.4) is 0 Å². The van der Waals surface area contributed by atoms with Gasteiger partial charge < -0.3 is 8.37 Å². The van der Waals surface area contributed by atoms with Crippen molar-refractivity contribution in [3.63, 3.8) is 0 Å². The molecular weight excluding hydrogens is 312 g/mol. The molecule has 0 saturated heterocycles. The van der Waals surface area contributed by atoms with Crippen molar-refractivity contribution in [2.24, 2.45) is 0 Å². The van der Waals surface area contributed by atoms with Crippen LogP contribution in [0.4, 0.5) is 0 Å². The Hall–Kier alpha value is -0.940. The Kier molecular flexibility index (Phi) is 7.88. The first-order valence-electron chi connectivity index (χ1n) is 7.45. The molecule has 2 aromatic rings. The first-order chi connectivity index (χ1) is 10.8. The molecule has 22 heavy (non-hydrogen) atoms. The van der Waals surface area contributed by atoms with E-state index < -0.39 is 0 Å². The molecule has 0 spiro atoms. The number of rotatable bonds is 9. The summed E-state index contributed by atoms with van der Waals surface area (Å²) >= 11 is 2.62. The molecule has 0 aliphatic rings. The predicted molar refractivity (Wildman–Crippen MR) is 96.8 cm³/mol. The van der Waals surface area contributed by atoms with Gasteiger partial charge in [-0.15, -0.1) is 0 Å². The van der Waals surface area contributed by atoms with Crippen LogP contribution >= 0.6 is 22.1 Å². The molecule has 0 radical (unpaired) electrons. The van der Waals surface area contributed by atoms with Crippen LogP contribution in [0.1, 0.15) is 36.8 Å². The maximum absolute atomic E-state index is 5.59. The third-order valence-electron chi connectivity index (χ3n) is 3.50. The van der Waals surface area contributed by atoms with E-state index >= 15 is 0 Å². The third kappa shape index (κ3) is 6.05. The van der Waals surface area contributed by atoms with E-state index in [0.717, 1.165) is 0 Å².